The third-order valence-corrected chi connectivity index (χ3v) is 5.95. The van der Waals surface area contributed by atoms with Crippen molar-refractivity contribution in [3.8, 4) is 11.5 Å². The van der Waals surface area contributed by atoms with Crippen LogP contribution in [0.25, 0.3) is 0 Å². The van der Waals surface area contributed by atoms with E-state index in [0.29, 0.717) is 0 Å². The number of benzene rings is 3. The van der Waals surface area contributed by atoms with Crippen LogP contribution < -0.4 is 9.47 Å². The Morgan fingerprint density at radius 3 is 1.82 bits per heavy atom. The molecule has 34 heavy (non-hydrogen) atoms. The predicted molar refractivity (Wildman–Crippen MR) is 138 cm³/mol. The fourth-order valence-electron chi connectivity index (χ4n) is 4.60. The van der Waals surface area contributed by atoms with Crippen LogP contribution in [0.4, 0.5) is 0 Å². The molecule has 3 rings (SSSR count). The molecule has 0 aromatic heterocycles. The van der Waals surface area contributed by atoms with Gasteiger partial charge in [0.15, 0.2) is 0 Å². The average Bonchev–Trinajstić information content (AvgIpc) is 2.78. The molecule has 0 fully saturated rings. The van der Waals surface area contributed by atoms with Gasteiger partial charge in [-0.2, -0.15) is 0 Å². The van der Waals surface area contributed by atoms with E-state index < -0.39 is 0 Å². The number of rotatable bonds is 9. The maximum absolute atomic E-state index is 9.58. The van der Waals surface area contributed by atoms with Crippen LogP contribution in [0.3, 0.4) is 0 Å². The zero-order valence-electron chi connectivity index (χ0n) is 21.3. The molecule has 0 radical (unpaired) electrons. The Labute approximate surface area is 204 Å². The topological polar surface area (TPSA) is 58.9 Å². The van der Waals surface area contributed by atoms with Gasteiger partial charge in [-0.15, -0.1) is 0 Å². The Kier molecular flexibility index (Phi) is 8.40. The number of aryl methyl sites for hydroxylation is 3. The van der Waals surface area contributed by atoms with E-state index in [2.05, 4.69) is 71.0 Å². The molecule has 2 N–H and O–H groups in total. The van der Waals surface area contributed by atoms with Crippen LogP contribution in [-0.2, 0) is 5.41 Å². The summed E-state index contributed by atoms with van der Waals surface area (Å²) >= 11 is 0. The van der Waals surface area contributed by atoms with Gasteiger partial charge in [-0.25, -0.2) is 0 Å². The van der Waals surface area contributed by atoms with Gasteiger partial charge in [-0.05, 0) is 37.3 Å². The first-order valence-electron chi connectivity index (χ1n) is 12.0. The lowest BCUT2D eigenvalue weighted by Crippen LogP contribution is -2.19. The Bertz CT molecular complexity index is 1100. The molecule has 0 heterocycles. The summed E-state index contributed by atoms with van der Waals surface area (Å²) in [7, 11) is 0. The van der Waals surface area contributed by atoms with Crippen LogP contribution in [0.15, 0.2) is 54.6 Å². The number of aliphatic hydroxyl groups excluding tert-OH is 2. The smallest absolute Gasteiger partial charge is 0.127 e. The van der Waals surface area contributed by atoms with Crippen molar-refractivity contribution in [2.75, 3.05) is 26.4 Å². The second kappa shape index (κ2) is 11.1. The number of hydrogen-bond acceptors (Lipinski definition) is 4. The van der Waals surface area contributed by atoms with Gasteiger partial charge in [0, 0.05) is 22.6 Å². The highest BCUT2D eigenvalue weighted by Gasteiger charge is 2.30. The summed E-state index contributed by atoms with van der Waals surface area (Å²) in [5.74, 6) is 1.46. The van der Waals surface area contributed by atoms with Gasteiger partial charge in [-0.1, -0.05) is 86.5 Å². The zero-order valence-corrected chi connectivity index (χ0v) is 21.3. The van der Waals surface area contributed by atoms with Crippen molar-refractivity contribution in [1.29, 1.82) is 0 Å². The minimum Gasteiger partial charge on any atom is -0.491 e. The van der Waals surface area contributed by atoms with E-state index in [-0.39, 0.29) is 37.8 Å². The molecule has 0 saturated carbocycles. The van der Waals surface area contributed by atoms with E-state index in [0.717, 1.165) is 50.4 Å². The fourth-order valence-corrected chi connectivity index (χ4v) is 4.60. The Morgan fingerprint density at radius 2 is 1.26 bits per heavy atom. The molecular formula is C30H38O4. The Hall–Kier alpha value is -2.82. The van der Waals surface area contributed by atoms with Crippen LogP contribution in [0.5, 0.6) is 11.5 Å². The highest BCUT2D eigenvalue weighted by Crippen LogP contribution is 2.46. The maximum atomic E-state index is 9.58. The zero-order chi connectivity index (χ0) is 24.9. The first-order chi connectivity index (χ1) is 16.2. The van der Waals surface area contributed by atoms with Crippen LogP contribution >= 0.6 is 0 Å². The minimum absolute atomic E-state index is 0.0494. The predicted octanol–water partition coefficient (Wildman–Crippen LogP) is 5.83. The molecule has 0 aliphatic rings. The molecule has 182 valence electrons. The molecule has 0 saturated heterocycles. The van der Waals surface area contributed by atoms with E-state index in [4.69, 9.17) is 9.47 Å². The van der Waals surface area contributed by atoms with Crippen molar-refractivity contribution >= 4 is 0 Å². The molecule has 3 aromatic rings. The van der Waals surface area contributed by atoms with Crippen molar-refractivity contribution < 1.29 is 19.7 Å². The molecule has 0 aliphatic heterocycles. The van der Waals surface area contributed by atoms with Crippen molar-refractivity contribution in [3.05, 3.63) is 93.5 Å². The van der Waals surface area contributed by atoms with Crippen LogP contribution in [0.2, 0.25) is 0 Å². The second-order valence-electron chi connectivity index (χ2n) is 9.97. The lowest BCUT2D eigenvalue weighted by molar-refractivity contribution is 0.196. The molecule has 0 bridgehead atoms. The summed E-state index contributed by atoms with van der Waals surface area (Å²) in [6.07, 6.45) is 0. The molecule has 3 aromatic carbocycles. The lowest BCUT2D eigenvalue weighted by atomic mass is 9.78. The van der Waals surface area contributed by atoms with Gasteiger partial charge >= 0.3 is 0 Å². The van der Waals surface area contributed by atoms with Crippen LogP contribution in [0.1, 0.15) is 65.6 Å². The Morgan fingerprint density at radius 1 is 0.735 bits per heavy atom. The molecule has 4 heteroatoms. The van der Waals surface area contributed by atoms with Crippen molar-refractivity contribution in [2.45, 2.75) is 52.9 Å². The first-order valence-corrected chi connectivity index (χ1v) is 12.0. The number of hydrogen-bond donors (Lipinski definition) is 2. The standard InChI is InChI=1S/C30H38O4/c1-20-16-22(3)28(33-14-12-31)24(17-20)27(23-10-8-7-9-11-23)25-18-21(2)19-26(30(4,5)6)29(25)34-15-13-32/h7-11,16-19,27,31-32H,12-15H2,1-6H3. The normalized spacial score (nSPS) is 12.5. The summed E-state index contributed by atoms with van der Waals surface area (Å²) in [6.45, 7) is 13.1. The van der Waals surface area contributed by atoms with Gasteiger partial charge in [0.25, 0.3) is 0 Å². The lowest BCUT2D eigenvalue weighted by Gasteiger charge is -2.30. The summed E-state index contributed by atoms with van der Waals surface area (Å²) < 4.78 is 12.4. The van der Waals surface area contributed by atoms with Gasteiger partial charge in [-0.3, -0.25) is 0 Å². The Balaban J connectivity index is 2.39. The quantitative estimate of drug-likeness (QED) is 0.393. The summed E-state index contributed by atoms with van der Waals surface area (Å²) in [4.78, 5) is 0. The van der Waals surface area contributed by atoms with Gasteiger partial charge in [0.1, 0.15) is 24.7 Å². The molecular weight excluding hydrogens is 424 g/mol. The average molecular weight is 463 g/mol. The number of ether oxygens (including phenoxy) is 2. The van der Waals surface area contributed by atoms with E-state index in [1.807, 2.05) is 25.1 Å². The number of aliphatic hydroxyl groups is 2. The summed E-state index contributed by atoms with van der Waals surface area (Å²) in [6, 6.07) is 19.0. The SMILES string of the molecule is Cc1cc(C)c(OCCO)c(C(c2ccccc2)c2cc(C)cc(C(C)(C)C)c2OCCO)c1. The highest BCUT2D eigenvalue weighted by molar-refractivity contribution is 5.59. The molecule has 4 nitrogen and oxygen atoms in total. The molecule has 1 unspecified atom stereocenters. The van der Waals surface area contributed by atoms with Crippen molar-refractivity contribution in [2.24, 2.45) is 0 Å². The van der Waals surface area contributed by atoms with E-state index in [1.165, 1.54) is 0 Å². The van der Waals surface area contributed by atoms with E-state index >= 15 is 0 Å². The van der Waals surface area contributed by atoms with Crippen LogP contribution in [0, 0.1) is 20.8 Å². The highest BCUT2D eigenvalue weighted by atomic mass is 16.5. The van der Waals surface area contributed by atoms with Crippen molar-refractivity contribution in [1.82, 2.24) is 0 Å². The maximum Gasteiger partial charge on any atom is 0.127 e. The third kappa shape index (κ3) is 5.81. The molecule has 1 atom stereocenters. The molecule has 0 aliphatic carbocycles. The van der Waals surface area contributed by atoms with Gasteiger partial charge in [0.05, 0.1) is 13.2 Å². The van der Waals surface area contributed by atoms with Crippen molar-refractivity contribution in [3.63, 3.8) is 0 Å². The molecule has 0 amide bonds. The fraction of sp³-hybridized carbons (Fsp3) is 0.400. The van der Waals surface area contributed by atoms with E-state index in [1.54, 1.807) is 0 Å². The third-order valence-electron chi connectivity index (χ3n) is 5.95. The largest absolute Gasteiger partial charge is 0.491 e. The first kappa shape index (κ1) is 25.8. The molecule has 0 spiro atoms. The summed E-state index contributed by atoms with van der Waals surface area (Å²) in [5, 5.41) is 19.1. The van der Waals surface area contributed by atoms with Gasteiger partial charge < -0.3 is 19.7 Å². The van der Waals surface area contributed by atoms with Crippen LogP contribution in [-0.4, -0.2) is 36.6 Å². The van der Waals surface area contributed by atoms with Gasteiger partial charge in [0.2, 0.25) is 0 Å². The second-order valence-corrected chi connectivity index (χ2v) is 9.97. The summed E-state index contributed by atoms with van der Waals surface area (Å²) in [5.41, 5.74) is 7.50. The van der Waals surface area contributed by atoms with E-state index in [9.17, 15) is 10.2 Å². The minimum atomic E-state index is -0.150. The monoisotopic (exact) mass is 462 g/mol.